The van der Waals surface area contributed by atoms with Gasteiger partial charge in [-0.05, 0) is 38.5 Å². The molecule has 1 aromatic rings. The summed E-state index contributed by atoms with van der Waals surface area (Å²) in [6, 6.07) is 5.08. The number of halogens is 1. The lowest BCUT2D eigenvalue weighted by Crippen LogP contribution is -3.12. The molecule has 0 bridgehead atoms. The second-order valence-electron chi connectivity index (χ2n) is 5.98. The molecule has 0 aromatic heterocycles. The van der Waals surface area contributed by atoms with Gasteiger partial charge >= 0.3 is 0 Å². The van der Waals surface area contributed by atoms with Gasteiger partial charge in [0.1, 0.15) is 5.82 Å². The summed E-state index contributed by atoms with van der Waals surface area (Å²) in [6.45, 7) is 8.35. The van der Waals surface area contributed by atoms with Crippen molar-refractivity contribution >= 4 is 11.7 Å². The Morgan fingerprint density at radius 1 is 1.33 bits per heavy atom. The van der Waals surface area contributed by atoms with Gasteiger partial charge in [0.25, 0.3) is 5.91 Å². The van der Waals surface area contributed by atoms with Gasteiger partial charge in [-0.15, -0.1) is 0 Å². The zero-order valence-electron chi connectivity index (χ0n) is 14.3. The van der Waals surface area contributed by atoms with Crippen molar-refractivity contribution in [1.82, 2.24) is 4.90 Å². The molecule has 1 atom stereocenters. The summed E-state index contributed by atoms with van der Waals surface area (Å²) in [5.41, 5.74) is 0.535. The molecule has 2 rings (SSSR count). The monoisotopic (exact) mass is 335 g/mol. The molecule has 1 aromatic carbocycles. The van der Waals surface area contributed by atoms with Crippen LogP contribution in [0.4, 0.5) is 4.39 Å². The van der Waals surface area contributed by atoms with Crippen molar-refractivity contribution in [3.05, 3.63) is 47.0 Å². The normalized spacial score (nSPS) is 18.0. The van der Waals surface area contributed by atoms with E-state index in [1.165, 1.54) is 34.9 Å². The van der Waals surface area contributed by atoms with Gasteiger partial charge in [-0.25, -0.2) is 4.39 Å². The second kappa shape index (κ2) is 7.57. The van der Waals surface area contributed by atoms with Crippen LogP contribution in [0.25, 0.3) is 0 Å². The van der Waals surface area contributed by atoms with Crippen molar-refractivity contribution in [1.29, 1.82) is 0 Å². The predicted octanol–water partition coefficient (Wildman–Crippen LogP) is 1.03. The van der Waals surface area contributed by atoms with Crippen LogP contribution in [0.3, 0.4) is 0 Å². The molecule has 0 fully saturated rings. The molecule has 0 spiro atoms. The van der Waals surface area contributed by atoms with Gasteiger partial charge in [0.05, 0.1) is 37.8 Å². The standard InChI is InChI=1S/C18H23FN2O3/c1-4-20(5-2)9-10-21-16(13-7-6-8-14(19)11-13)15(12(3)22)17(23)18(21)24/h6-8,11,16,23H,4-5,9-10H2,1-3H3/p+1/t16-/m1/s1. The van der Waals surface area contributed by atoms with E-state index < -0.39 is 23.5 Å². The number of hydrogen-bond acceptors (Lipinski definition) is 3. The minimum atomic E-state index is -0.735. The molecule has 130 valence electrons. The topological polar surface area (TPSA) is 62.1 Å². The maximum atomic E-state index is 13.6. The number of carbonyl (C=O) groups excluding carboxylic acids is 2. The first-order valence-electron chi connectivity index (χ1n) is 8.24. The Labute approximate surface area is 141 Å². The SMILES string of the molecule is CC[NH+](CC)CCN1C(=O)C(O)=C(C(C)=O)[C@H]1c1cccc(F)c1. The number of aliphatic hydroxyl groups excluding tert-OH is 1. The third-order valence-electron chi connectivity index (χ3n) is 4.55. The number of Topliss-reactive ketones (excluding diaryl/α,β-unsaturated/α-hetero) is 1. The average molecular weight is 335 g/mol. The van der Waals surface area contributed by atoms with Crippen molar-refractivity contribution in [2.75, 3.05) is 26.2 Å². The minimum Gasteiger partial charge on any atom is -0.503 e. The minimum absolute atomic E-state index is 0.0418. The number of aliphatic hydroxyl groups is 1. The summed E-state index contributed by atoms with van der Waals surface area (Å²) in [4.78, 5) is 27.2. The molecule has 24 heavy (non-hydrogen) atoms. The first kappa shape index (κ1) is 18.1. The highest BCUT2D eigenvalue weighted by Gasteiger charge is 2.42. The number of hydrogen-bond donors (Lipinski definition) is 2. The van der Waals surface area contributed by atoms with Crippen LogP contribution >= 0.6 is 0 Å². The summed E-state index contributed by atoms with van der Waals surface area (Å²) in [7, 11) is 0. The van der Waals surface area contributed by atoms with E-state index in [1.807, 2.05) is 0 Å². The molecule has 1 heterocycles. The van der Waals surface area contributed by atoms with Crippen LogP contribution in [0.15, 0.2) is 35.6 Å². The largest absolute Gasteiger partial charge is 0.503 e. The summed E-state index contributed by atoms with van der Waals surface area (Å²) in [5, 5.41) is 10.1. The number of carbonyl (C=O) groups is 2. The predicted molar refractivity (Wildman–Crippen MR) is 88.1 cm³/mol. The van der Waals surface area contributed by atoms with Gasteiger partial charge in [0.15, 0.2) is 11.5 Å². The molecule has 0 radical (unpaired) electrons. The number of nitrogens with one attached hydrogen (secondary N) is 1. The Balaban J connectivity index is 2.38. The lowest BCUT2D eigenvalue weighted by Gasteiger charge is -2.28. The smallest absolute Gasteiger partial charge is 0.290 e. The van der Waals surface area contributed by atoms with Crippen molar-refractivity contribution in [2.45, 2.75) is 26.8 Å². The third-order valence-corrected chi connectivity index (χ3v) is 4.55. The van der Waals surface area contributed by atoms with E-state index in [2.05, 4.69) is 13.8 Å². The highest BCUT2D eigenvalue weighted by molar-refractivity contribution is 6.08. The van der Waals surface area contributed by atoms with Crippen molar-refractivity contribution < 1.29 is 24.0 Å². The molecule has 0 aliphatic carbocycles. The number of quaternary nitrogens is 1. The first-order valence-corrected chi connectivity index (χ1v) is 8.24. The van der Waals surface area contributed by atoms with E-state index in [0.29, 0.717) is 18.7 Å². The zero-order chi connectivity index (χ0) is 17.9. The summed E-state index contributed by atoms with van der Waals surface area (Å²) < 4.78 is 13.6. The number of benzene rings is 1. The number of amides is 1. The highest BCUT2D eigenvalue weighted by Crippen LogP contribution is 2.37. The van der Waals surface area contributed by atoms with Gasteiger partial charge < -0.3 is 14.9 Å². The van der Waals surface area contributed by atoms with Gasteiger partial charge in [-0.1, -0.05) is 12.1 Å². The Bertz CT molecular complexity index is 668. The van der Waals surface area contributed by atoms with E-state index in [9.17, 15) is 19.1 Å². The van der Waals surface area contributed by atoms with Crippen LogP contribution in [-0.2, 0) is 9.59 Å². The Kier molecular flexibility index (Phi) is 5.72. The fourth-order valence-electron chi connectivity index (χ4n) is 3.15. The number of rotatable bonds is 7. The van der Waals surface area contributed by atoms with Crippen LogP contribution in [0.1, 0.15) is 32.4 Å². The maximum Gasteiger partial charge on any atom is 0.290 e. The van der Waals surface area contributed by atoms with Gasteiger partial charge in [-0.3, -0.25) is 9.59 Å². The molecule has 0 unspecified atom stereocenters. The Morgan fingerprint density at radius 3 is 2.54 bits per heavy atom. The summed E-state index contributed by atoms with van der Waals surface area (Å²) in [6.07, 6.45) is 0. The average Bonchev–Trinajstić information content (AvgIpc) is 2.80. The fourth-order valence-corrected chi connectivity index (χ4v) is 3.15. The van der Waals surface area contributed by atoms with E-state index in [-0.39, 0.29) is 11.4 Å². The van der Waals surface area contributed by atoms with Gasteiger partial charge in [-0.2, -0.15) is 0 Å². The molecule has 1 amide bonds. The van der Waals surface area contributed by atoms with Crippen LogP contribution in [-0.4, -0.2) is 47.9 Å². The first-order chi connectivity index (χ1) is 11.4. The van der Waals surface area contributed by atoms with Crippen LogP contribution in [0, 0.1) is 5.82 Å². The molecule has 1 aliphatic heterocycles. The molecule has 0 saturated heterocycles. The summed E-state index contributed by atoms with van der Waals surface area (Å²) in [5.74, 6) is -1.91. The van der Waals surface area contributed by atoms with Crippen LogP contribution in [0.5, 0.6) is 0 Å². The molecule has 0 saturated carbocycles. The number of ketones is 1. The molecule has 2 N–H and O–H groups in total. The second-order valence-corrected chi connectivity index (χ2v) is 5.98. The van der Waals surface area contributed by atoms with E-state index in [4.69, 9.17) is 0 Å². The maximum absolute atomic E-state index is 13.6. The van der Waals surface area contributed by atoms with Crippen molar-refractivity contribution in [3.8, 4) is 0 Å². The molecule has 6 heteroatoms. The lowest BCUT2D eigenvalue weighted by atomic mass is 9.96. The molecule has 1 aliphatic rings. The highest BCUT2D eigenvalue weighted by atomic mass is 19.1. The molecular formula is C18H24FN2O3+. The molecular weight excluding hydrogens is 311 g/mol. The van der Waals surface area contributed by atoms with Crippen LogP contribution < -0.4 is 4.90 Å². The quantitative estimate of drug-likeness (QED) is 0.782. The fraction of sp³-hybridized carbons (Fsp3) is 0.444. The van der Waals surface area contributed by atoms with Crippen LogP contribution in [0.2, 0.25) is 0 Å². The summed E-state index contributed by atoms with van der Waals surface area (Å²) >= 11 is 0. The van der Waals surface area contributed by atoms with Gasteiger partial charge in [0, 0.05) is 0 Å². The van der Waals surface area contributed by atoms with Gasteiger partial charge in [0.2, 0.25) is 0 Å². The van der Waals surface area contributed by atoms with Crippen molar-refractivity contribution in [3.63, 3.8) is 0 Å². The Morgan fingerprint density at radius 2 is 2.00 bits per heavy atom. The van der Waals surface area contributed by atoms with Crippen molar-refractivity contribution in [2.24, 2.45) is 0 Å². The zero-order valence-corrected chi connectivity index (χ0v) is 14.3. The van der Waals surface area contributed by atoms with E-state index in [0.717, 1.165) is 13.1 Å². The third kappa shape index (κ3) is 3.48. The Hall–Kier alpha value is -2.21. The lowest BCUT2D eigenvalue weighted by molar-refractivity contribution is -0.895. The number of likely N-dealkylation sites (N-methyl/N-ethyl adjacent to an activating group) is 1. The van der Waals surface area contributed by atoms with E-state index >= 15 is 0 Å². The number of nitrogens with zero attached hydrogens (tertiary/aromatic N) is 1. The van der Waals surface area contributed by atoms with E-state index in [1.54, 1.807) is 6.07 Å². The molecule has 5 nitrogen and oxygen atoms in total.